The number of halogens is 1. The first-order valence-corrected chi connectivity index (χ1v) is 5.23. The first-order valence-electron chi connectivity index (χ1n) is 4.85. The third-order valence-electron chi connectivity index (χ3n) is 2.42. The molecule has 3 heterocycles. The van der Waals surface area contributed by atoms with Gasteiger partial charge in [0.15, 0.2) is 16.6 Å². The van der Waals surface area contributed by atoms with Crippen LogP contribution < -0.4 is 5.73 Å². The van der Waals surface area contributed by atoms with Gasteiger partial charge >= 0.3 is 0 Å². The van der Waals surface area contributed by atoms with E-state index in [9.17, 15) is 0 Å². The van der Waals surface area contributed by atoms with Crippen molar-refractivity contribution in [2.24, 2.45) is 0 Å². The highest BCUT2D eigenvalue weighted by molar-refractivity contribution is 6.29. The summed E-state index contributed by atoms with van der Waals surface area (Å²) in [5.74, 6) is 1.03. The molecular formula is C9H8ClN7. The monoisotopic (exact) mass is 249 g/mol. The Hall–Kier alpha value is -2.15. The number of hydrogen-bond donors (Lipinski definition) is 2. The molecule has 0 spiro atoms. The molecule has 0 aliphatic carbocycles. The summed E-state index contributed by atoms with van der Waals surface area (Å²) >= 11 is 5.68. The predicted octanol–water partition coefficient (Wildman–Crippen LogP) is 1.08. The van der Waals surface area contributed by atoms with E-state index in [2.05, 4.69) is 25.5 Å². The minimum atomic E-state index is 0.329. The molecule has 0 fully saturated rings. The lowest BCUT2D eigenvalue weighted by molar-refractivity contribution is 0.810. The quantitative estimate of drug-likeness (QED) is 0.672. The average Bonchev–Trinajstić information content (AvgIpc) is 2.83. The molecule has 0 atom stereocenters. The van der Waals surface area contributed by atoms with Crippen LogP contribution in [-0.2, 0) is 0 Å². The largest absolute Gasteiger partial charge is 0.383 e. The van der Waals surface area contributed by atoms with Gasteiger partial charge in [0.2, 0.25) is 0 Å². The Morgan fingerprint density at radius 3 is 2.88 bits per heavy atom. The van der Waals surface area contributed by atoms with Gasteiger partial charge in [0.1, 0.15) is 5.82 Å². The maximum Gasteiger partial charge on any atom is 0.188 e. The number of rotatable bonds is 1. The summed E-state index contributed by atoms with van der Waals surface area (Å²) in [4.78, 5) is 0. The fourth-order valence-electron chi connectivity index (χ4n) is 1.68. The normalized spacial score (nSPS) is 11.2. The summed E-state index contributed by atoms with van der Waals surface area (Å²) < 4.78 is 1.57. The molecule has 3 N–H and O–H groups in total. The third-order valence-corrected chi connectivity index (χ3v) is 2.62. The maximum absolute atomic E-state index is 5.76. The smallest absolute Gasteiger partial charge is 0.188 e. The molecule has 0 saturated carbocycles. The summed E-state index contributed by atoms with van der Waals surface area (Å²) in [5, 5.41) is 19.9. The van der Waals surface area contributed by atoms with E-state index in [1.807, 2.05) is 6.92 Å². The van der Waals surface area contributed by atoms with Crippen LogP contribution in [0.25, 0.3) is 16.9 Å². The van der Waals surface area contributed by atoms with Gasteiger partial charge in [-0.2, -0.15) is 14.9 Å². The minimum Gasteiger partial charge on any atom is -0.383 e. The second-order valence-electron chi connectivity index (χ2n) is 3.55. The van der Waals surface area contributed by atoms with Crippen molar-refractivity contribution in [3.63, 3.8) is 0 Å². The Morgan fingerprint density at radius 2 is 2.18 bits per heavy atom. The van der Waals surface area contributed by atoms with Crippen LogP contribution in [0.2, 0.25) is 5.15 Å². The summed E-state index contributed by atoms with van der Waals surface area (Å²) in [6, 6.07) is 3.36. The first kappa shape index (κ1) is 10.0. The highest BCUT2D eigenvalue weighted by Crippen LogP contribution is 2.23. The Morgan fingerprint density at radius 1 is 1.35 bits per heavy atom. The molecule has 0 aromatic carbocycles. The SMILES string of the molecule is Cc1nn(-c2ccc(Cl)nn2)c2n[nH]c(N)c12. The second kappa shape index (κ2) is 3.42. The average molecular weight is 250 g/mol. The van der Waals surface area contributed by atoms with Crippen LogP contribution in [0.4, 0.5) is 5.82 Å². The molecular weight excluding hydrogens is 242 g/mol. The van der Waals surface area contributed by atoms with Crippen LogP contribution >= 0.6 is 11.6 Å². The molecule has 3 aromatic rings. The van der Waals surface area contributed by atoms with Crippen LogP contribution in [0.15, 0.2) is 12.1 Å². The zero-order valence-electron chi connectivity index (χ0n) is 8.85. The van der Waals surface area contributed by atoms with Crippen molar-refractivity contribution in [3.05, 3.63) is 23.0 Å². The van der Waals surface area contributed by atoms with Gasteiger partial charge in [0, 0.05) is 0 Å². The molecule has 0 aliphatic heterocycles. The number of hydrogen-bond acceptors (Lipinski definition) is 5. The summed E-state index contributed by atoms with van der Waals surface area (Å²) in [6.45, 7) is 1.86. The topological polar surface area (TPSA) is 98.3 Å². The Balaban J connectivity index is 2.27. The molecule has 3 rings (SSSR count). The van der Waals surface area contributed by atoms with Crippen molar-refractivity contribution >= 4 is 28.5 Å². The van der Waals surface area contributed by atoms with Gasteiger partial charge in [-0.3, -0.25) is 5.10 Å². The van der Waals surface area contributed by atoms with E-state index in [0.717, 1.165) is 11.1 Å². The maximum atomic E-state index is 5.76. The minimum absolute atomic E-state index is 0.329. The zero-order valence-corrected chi connectivity index (χ0v) is 9.60. The number of nitrogens with zero attached hydrogens (tertiary/aromatic N) is 5. The summed E-state index contributed by atoms with van der Waals surface area (Å²) in [5.41, 5.74) is 7.17. The molecule has 0 saturated heterocycles. The number of nitrogens with one attached hydrogen (secondary N) is 1. The molecule has 7 nitrogen and oxygen atoms in total. The van der Waals surface area contributed by atoms with Crippen molar-refractivity contribution in [3.8, 4) is 5.82 Å². The number of fused-ring (bicyclic) bond motifs is 1. The molecule has 0 amide bonds. The number of aryl methyl sites for hydroxylation is 1. The number of H-pyrrole nitrogens is 1. The van der Waals surface area contributed by atoms with Crippen LogP contribution in [0.5, 0.6) is 0 Å². The van der Waals surface area contributed by atoms with Crippen LogP contribution in [-0.4, -0.2) is 30.2 Å². The van der Waals surface area contributed by atoms with E-state index in [4.69, 9.17) is 17.3 Å². The lowest BCUT2D eigenvalue weighted by Gasteiger charge is -1.98. The van der Waals surface area contributed by atoms with Gasteiger partial charge < -0.3 is 5.73 Å². The number of aromatic nitrogens is 6. The molecule has 8 heteroatoms. The van der Waals surface area contributed by atoms with Gasteiger partial charge in [-0.05, 0) is 19.1 Å². The van der Waals surface area contributed by atoms with E-state index < -0.39 is 0 Å². The fraction of sp³-hybridized carbons (Fsp3) is 0.111. The Kier molecular flexibility index (Phi) is 2.02. The summed E-state index contributed by atoms with van der Waals surface area (Å²) in [7, 11) is 0. The van der Waals surface area contributed by atoms with Gasteiger partial charge in [0.25, 0.3) is 0 Å². The molecule has 86 valence electrons. The zero-order chi connectivity index (χ0) is 12.0. The lowest BCUT2D eigenvalue weighted by Crippen LogP contribution is -2.01. The molecule has 0 radical (unpaired) electrons. The van der Waals surface area contributed by atoms with Crippen LogP contribution in [0, 0.1) is 6.92 Å². The van der Waals surface area contributed by atoms with E-state index in [-0.39, 0.29) is 0 Å². The van der Waals surface area contributed by atoms with Crippen molar-refractivity contribution in [1.29, 1.82) is 0 Å². The van der Waals surface area contributed by atoms with E-state index in [1.54, 1.807) is 16.8 Å². The van der Waals surface area contributed by atoms with Crippen LogP contribution in [0.3, 0.4) is 0 Å². The van der Waals surface area contributed by atoms with Gasteiger partial charge in [-0.25, -0.2) is 0 Å². The Bertz CT molecular complexity index is 681. The van der Waals surface area contributed by atoms with Gasteiger partial charge in [-0.1, -0.05) is 11.6 Å². The van der Waals surface area contributed by atoms with Gasteiger partial charge in [0.05, 0.1) is 11.1 Å². The van der Waals surface area contributed by atoms with Crippen molar-refractivity contribution < 1.29 is 0 Å². The van der Waals surface area contributed by atoms with Crippen LogP contribution in [0.1, 0.15) is 5.69 Å². The second-order valence-corrected chi connectivity index (χ2v) is 3.93. The van der Waals surface area contributed by atoms with Crippen molar-refractivity contribution in [1.82, 2.24) is 30.2 Å². The van der Waals surface area contributed by atoms with Gasteiger partial charge in [-0.15, -0.1) is 10.2 Å². The highest BCUT2D eigenvalue weighted by atomic mass is 35.5. The Labute approximate surface area is 101 Å². The molecule has 17 heavy (non-hydrogen) atoms. The van der Waals surface area contributed by atoms with E-state index in [0.29, 0.717) is 22.4 Å². The first-order chi connectivity index (χ1) is 8.16. The molecule has 3 aromatic heterocycles. The van der Waals surface area contributed by atoms with Crippen molar-refractivity contribution in [2.45, 2.75) is 6.92 Å². The highest BCUT2D eigenvalue weighted by Gasteiger charge is 2.15. The molecule has 0 aliphatic rings. The lowest BCUT2D eigenvalue weighted by atomic mass is 10.3. The number of aromatic amines is 1. The third kappa shape index (κ3) is 1.43. The van der Waals surface area contributed by atoms with E-state index >= 15 is 0 Å². The molecule has 0 unspecified atom stereocenters. The standard InChI is InChI=1S/C9H8ClN7/c1-4-7-8(11)14-15-9(7)17(16-4)6-3-2-5(10)12-13-6/h2-3H,1H3,(H3,11,14,15). The number of anilines is 1. The summed E-state index contributed by atoms with van der Waals surface area (Å²) in [6.07, 6.45) is 0. The van der Waals surface area contributed by atoms with Crippen molar-refractivity contribution in [2.75, 3.05) is 5.73 Å². The number of nitrogens with two attached hydrogens (primary N) is 1. The number of nitrogen functional groups attached to an aromatic ring is 1. The predicted molar refractivity (Wildman–Crippen MR) is 63.0 cm³/mol. The van der Waals surface area contributed by atoms with E-state index in [1.165, 1.54) is 0 Å². The molecule has 0 bridgehead atoms. The fourth-order valence-corrected chi connectivity index (χ4v) is 1.79.